The number of amides is 1. The van der Waals surface area contributed by atoms with Crippen LogP contribution in [0.25, 0.3) is 10.8 Å². The van der Waals surface area contributed by atoms with Crippen molar-refractivity contribution < 1.29 is 18.0 Å². The number of halogens is 3. The summed E-state index contributed by atoms with van der Waals surface area (Å²) in [6.07, 6.45) is -4.41. The molecule has 0 saturated carbocycles. The number of nitrogens with zero attached hydrogens (tertiary/aromatic N) is 3. The molecule has 2 N–H and O–H groups in total. The average molecular weight is 500 g/mol. The normalized spacial score (nSPS) is 12.5. The fourth-order valence-corrected chi connectivity index (χ4v) is 4.55. The van der Waals surface area contributed by atoms with Crippen LogP contribution < -0.4 is 10.6 Å². The van der Waals surface area contributed by atoms with E-state index in [9.17, 15) is 18.0 Å². The molecule has 1 heterocycles. The van der Waals surface area contributed by atoms with Crippen LogP contribution in [0.4, 0.5) is 24.5 Å². The Bertz CT molecular complexity index is 1330. The number of aromatic nitrogens is 3. The van der Waals surface area contributed by atoms with Crippen LogP contribution in [0.3, 0.4) is 0 Å². The lowest BCUT2D eigenvalue weighted by molar-refractivity contribution is -0.137. The zero-order valence-corrected chi connectivity index (χ0v) is 20.0. The Hall–Kier alpha value is -3.53. The second-order valence-electron chi connectivity index (χ2n) is 7.85. The molecule has 0 aliphatic heterocycles. The highest BCUT2D eigenvalue weighted by atomic mass is 32.2. The minimum Gasteiger partial charge on any atom is -0.378 e. The van der Waals surface area contributed by atoms with Crippen molar-refractivity contribution in [3.8, 4) is 0 Å². The summed E-state index contributed by atoms with van der Waals surface area (Å²) in [6.45, 7) is 4.45. The lowest BCUT2D eigenvalue weighted by Crippen LogP contribution is -2.23. The Morgan fingerprint density at radius 3 is 2.57 bits per heavy atom. The number of fused-ring (bicyclic) bond motifs is 1. The molecule has 1 atom stereocenters. The molecule has 0 bridgehead atoms. The number of carbonyl (C=O) groups is 1. The molecule has 0 aliphatic rings. The maximum Gasteiger partial charge on any atom is 0.416 e. The molecule has 4 rings (SSSR count). The van der Waals surface area contributed by atoms with Crippen molar-refractivity contribution in [1.29, 1.82) is 0 Å². The molecular formula is C25H24F3N5OS. The van der Waals surface area contributed by atoms with Gasteiger partial charge in [-0.1, -0.05) is 54.2 Å². The van der Waals surface area contributed by atoms with Gasteiger partial charge in [0.15, 0.2) is 11.0 Å². The summed E-state index contributed by atoms with van der Waals surface area (Å²) in [5.41, 5.74) is 0.354. The summed E-state index contributed by atoms with van der Waals surface area (Å²) in [7, 11) is 0. The number of carbonyl (C=O) groups excluding carboxylic acids is 1. The van der Waals surface area contributed by atoms with Crippen LogP contribution in [0, 0.1) is 0 Å². The van der Waals surface area contributed by atoms with Gasteiger partial charge >= 0.3 is 6.18 Å². The quantitative estimate of drug-likeness (QED) is 0.283. The number of hydrogen-bond acceptors (Lipinski definition) is 5. The zero-order valence-electron chi connectivity index (χ0n) is 19.1. The maximum absolute atomic E-state index is 13.0. The van der Waals surface area contributed by atoms with Crippen LogP contribution in [0.1, 0.15) is 25.2 Å². The SMILES string of the molecule is CCn1c(CNc2cccc(C(F)(F)F)c2)nnc1S[C@@H](C)C(=O)Nc1cccc2ccccc12. The third-order valence-corrected chi connectivity index (χ3v) is 6.53. The third-order valence-electron chi connectivity index (χ3n) is 5.45. The van der Waals surface area contributed by atoms with Crippen molar-refractivity contribution in [2.45, 2.75) is 43.5 Å². The first-order valence-corrected chi connectivity index (χ1v) is 11.9. The molecule has 1 aromatic heterocycles. The summed E-state index contributed by atoms with van der Waals surface area (Å²) >= 11 is 1.28. The summed E-state index contributed by atoms with van der Waals surface area (Å²) in [4.78, 5) is 12.9. The highest BCUT2D eigenvalue weighted by Gasteiger charge is 2.30. The summed E-state index contributed by atoms with van der Waals surface area (Å²) in [5.74, 6) is 0.398. The number of benzene rings is 3. The monoisotopic (exact) mass is 499 g/mol. The van der Waals surface area contributed by atoms with Gasteiger partial charge in [0.25, 0.3) is 0 Å². The van der Waals surface area contributed by atoms with Crippen molar-refractivity contribution in [3.63, 3.8) is 0 Å². The van der Waals surface area contributed by atoms with Gasteiger partial charge in [0.05, 0.1) is 17.4 Å². The lowest BCUT2D eigenvalue weighted by Gasteiger charge is -2.14. The zero-order chi connectivity index (χ0) is 25.0. The fraction of sp³-hybridized carbons (Fsp3) is 0.240. The summed E-state index contributed by atoms with van der Waals surface area (Å²) in [5, 5.41) is 16.5. The number of alkyl halides is 3. The van der Waals surface area contributed by atoms with E-state index in [4.69, 9.17) is 0 Å². The molecule has 1 amide bonds. The number of nitrogens with one attached hydrogen (secondary N) is 2. The summed E-state index contributed by atoms with van der Waals surface area (Å²) < 4.78 is 40.7. The molecule has 0 spiro atoms. The molecule has 182 valence electrons. The van der Waals surface area contributed by atoms with E-state index < -0.39 is 17.0 Å². The van der Waals surface area contributed by atoms with Gasteiger partial charge in [-0.05, 0) is 43.5 Å². The van der Waals surface area contributed by atoms with Gasteiger partial charge < -0.3 is 15.2 Å². The fourth-order valence-electron chi connectivity index (χ4n) is 3.62. The minimum atomic E-state index is -4.41. The van der Waals surface area contributed by atoms with Crippen LogP contribution in [0.5, 0.6) is 0 Å². The molecular weight excluding hydrogens is 475 g/mol. The molecule has 4 aromatic rings. The van der Waals surface area contributed by atoms with Gasteiger partial charge in [-0.25, -0.2) is 0 Å². The Labute approximate surface area is 204 Å². The molecule has 6 nitrogen and oxygen atoms in total. The van der Waals surface area contributed by atoms with Crippen molar-refractivity contribution in [3.05, 3.63) is 78.1 Å². The predicted octanol–water partition coefficient (Wildman–Crippen LogP) is 6.20. The van der Waals surface area contributed by atoms with Gasteiger partial charge in [-0.3, -0.25) is 4.79 Å². The average Bonchev–Trinajstić information content (AvgIpc) is 3.23. The Balaban J connectivity index is 1.43. The first-order valence-electron chi connectivity index (χ1n) is 11.0. The molecule has 3 aromatic carbocycles. The Morgan fingerprint density at radius 2 is 1.80 bits per heavy atom. The largest absolute Gasteiger partial charge is 0.416 e. The van der Waals surface area contributed by atoms with Gasteiger partial charge in [0.2, 0.25) is 5.91 Å². The van der Waals surface area contributed by atoms with Crippen LogP contribution in [-0.4, -0.2) is 25.9 Å². The molecule has 0 aliphatic carbocycles. The minimum absolute atomic E-state index is 0.166. The highest BCUT2D eigenvalue weighted by Crippen LogP contribution is 2.31. The number of thioether (sulfide) groups is 1. The molecule has 0 unspecified atom stereocenters. The van der Waals surface area contributed by atoms with E-state index in [1.165, 1.54) is 17.8 Å². The standard InChI is InChI=1S/C25H24F3N5OS/c1-3-33-22(15-29-19-11-7-10-18(14-19)25(26,27)28)31-32-24(33)35-16(2)23(34)30-21-13-6-9-17-8-4-5-12-20(17)21/h4-14,16,29H,3,15H2,1-2H3,(H,30,34)/t16-/m0/s1. The molecule has 10 heteroatoms. The first-order chi connectivity index (χ1) is 16.8. The van der Waals surface area contributed by atoms with Gasteiger partial charge in [-0.2, -0.15) is 13.2 Å². The molecule has 0 saturated heterocycles. The number of anilines is 2. The van der Waals surface area contributed by atoms with Crippen molar-refractivity contribution >= 4 is 39.8 Å². The van der Waals surface area contributed by atoms with E-state index in [1.54, 1.807) is 13.0 Å². The summed E-state index contributed by atoms with van der Waals surface area (Å²) in [6, 6.07) is 18.6. The van der Waals surface area contributed by atoms with Gasteiger partial charge in [0.1, 0.15) is 0 Å². The van der Waals surface area contributed by atoms with E-state index in [0.717, 1.165) is 28.6 Å². The lowest BCUT2D eigenvalue weighted by atomic mass is 10.1. The molecule has 35 heavy (non-hydrogen) atoms. The number of hydrogen-bond donors (Lipinski definition) is 2. The Kier molecular flexibility index (Phi) is 7.30. The van der Waals surface area contributed by atoms with Gasteiger partial charge in [-0.15, -0.1) is 10.2 Å². The second kappa shape index (κ2) is 10.4. The van der Waals surface area contributed by atoms with Crippen molar-refractivity contribution in [2.75, 3.05) is 10.6 Å². The van der Waals surface area contributed by atoms with E-state index in [-0.39, 0.29) is 12.5 Å². The molecule has 0 radical (unpaired) electrons. The van der Waals surface area contributed by atoms with Crippen LogP contribution in [0.2, 0.25) is 0 Å². The van der Waals surface area contributed by atoms with Crippen LogP contribution in [0.15, 0.2) is 71.9 Å². The maximum atomic E-state index is 13.0. The van der Waals surface area contributed by atoms with Crippen LogP contribution >= 0.6 is 11.8 Å². The topological polar surface area (TPSA) is 71.8 Å². The van der Waals surface area contributed by atoms with Crippen LogP contribution in [-0.2, 0) is 24.1 Å². The van der Waals surface area contributed by atoms with E-state index in [2.05, 4.69) is 20.8 Å². The molecule has 0 fully saturated rings. The first kappa shape index (κ1) is 24.6. The van der Waals surface area contributed by atoms with Gasteiger partial charge in [0, 0.05) is 23.3 Å². The van der Waals surface area contributed by atoms with E-state index in [0.29, 0.717) is 23.2 Å². The highest BCUT2D eigenvalue weighted by molar-refractivity contribution is 8.00. The van der Waals surface area contributed by atoms with E-state index in [1.807, 2.05) is 54.0 Å². The number of rotatable bonds is 8. The van der Waals surface area contributed by atoms with E-state index >= 15 is 0 Å². The Morgan fingerprint density at radius 1 is 1.06 bits per heavy atom. The van der Waals surface area contributed by atoms with Crippen molar-refractivity contribution in [1.82, 2.24) is 14.8 Å². The smallest absolute Gasteiger partial charge is 0.378 e. The third kappa shape index (κ3) is 5.76. The van der Waals surface area contributed by atoms with Crippen molar-refractivity contribution in [2.24, 2.45) is 0 Å². The second-order valence-corrected chi connectivity index (χ2v) is 9.16. The predicted molar refractivity (Wildman–Crippen MR) is 132 cm³/mol.